The first-order valence-electron chi connectivity index (χ1n) is 5.97. The fourth-order valence-electron chi connectivity index (χ4n) is 1.98. The lowest BCUT2D eigenvalue weighted by atomic mass is 10.0. The summed E-state index contributed by atoms with van der Waals surface area (Å²) in [6, 6.07) is 6.92. The topological polar surface area (TPSA) is 57.9 Å². The molecule has 0 aromatic heterocycles. The van der Waals surface area contributed by atoms with Gasteiger partial charge in [0.15, 0.2) is 15.1 Å². The van der Waals surface area contributed by atoms with Crippen LogP contribution >= 0.6 is 31.9 Å². The van der Waals surface area contributed by atoms with Crippen molar-refractivity contribution in [1.82, 2.24) is 0 Å². The summed E-state index contributed by atoms with van der Waals surface area (Å²) in [6.45, 7) is 3.81. The van der Waals surface area contributed by atoms with E-state index in [0.717, 1.165) is 0 Å². The number of hydrogen-bond donors (Lipinski definition) is 0. The van der Waals surface area contributed by atoms with Crippen LogP contribution in [-0.2, 0) is 9.84 Å². The van der Waals surface area contributed by atoms with E-state index < -0.39 is 15.1 Å². The van der Waals surface area contributed by atoms with Crippen molar-refractivity contribution in [2.75, 3.05) is 0 Å². The molecule has 1 atom stereocenters. The van der Waals surface area contributed by atoms with Gasteiger partial charge in [-0.3, -0.25) is 0 Å². The Labute approximate surface area is 131 Å². The second-order valence-corrected chi connectivity index (χ2v) is 8.05. The molecular weight excluding hydrogens is 394 g/mol. The van der Waals surface area contributed by atoms with Gasteiger partial charge in [-0.05, 0) is 40.0 Å². The second-order valence-electron chi connectivity index (χ2n) is 4.25. The third-order valence-corrected chi connectivity index (χ3v) is 6.70. The first-order chi connectivity index (χ1) is 8.88. The van der Waals surface area contributed by atoms with E-state index in [4.69, 9.17) is 0 Å². The lowest BCUT2D eigenvalue weighted by Crippen LogP contribution is -2.28. The molecule has 0 aliphatic carbocycles. The van der Waals surface area contributed by atoms with E-state index in [1.165, 1.54) is 6.07 Å². The zero-order valence-electron chi connectivity index (χ0n) is 10.7. The van der Waals surface area contributed by atoms with Crippen molar-refractivity contribution >= 4 is 41.7 Å². The molecule has 1 aromatic rings. The molecule has 0 spiro atoms. The summed E-state index contributed by atoms with van der Waals surface area (Å²) < 4.78 is 26.4. The molecule has 0 N–H and O–H groups in total. The van der Waals surface area contributed by atoms with Crippen LogP contribution in [0.25, 0.3) is 0 Å². The maximum Gasteiger partial charge on any atom is 0.196 e. The van der Waals surface area contributed by atoms with Crippen LogP contribution < -0.4 is 0 Å². The van der Waals surface area contributed by atoms with Gasteiger partial charge < -0.3 is 0 Å². The van der Waals surface area contributed by atoms with Gasteiger partial charge in [0.25, 0.3) is 0 Å². The lowest BCUT2D eigenvalue weighted by Gasteiger charge is -2.20. The largest absolute Gasteiger partial charge is 0.222 e. The summed E-state index contributed by atoms with van der Waals surface area (Å²) in [5.74, 6) is -0.152. The van der Waals surface area contributed by atoms with Crippen LogP contribution in [0.1, 0.15) is 26.7 Å². The fraction of sp³-hybridized carbons (Fsp3) is 0.462. The summed E-state index contributed by atoms with van der Waals surface area (Å²) in [5.41, 5.74) is 0. The van der Waals surface area contributed by atoms with Gasteiger partial charge in [-0.1, -0.05) is 42.6 Å². The van der Waals surface area contributed by atoms with Crippen molar-refractivity contribution in [3.63, 3.8) is 0 Å². The van der Waals surface area contributed by atoms with Crippen molar-refractivity contribution < 1.29 is 8.42 Å². The Morgan fingerprint density at radius 2 is 1.84 bits per heavy atom. The van der Waals surface area contributed by atoms with E-state index in [0.29, 0.717) is 21.8 Å². The Bertz CT molecular complexity index is 589. The van der Waals surface area contributed by atoms with E-state index in [-0.39, 0.29) is 10.8 Å². The summed E-state index contributed by atoms with van der Waals surface area (Å²) in [6.07, 6.45) is 1.33. The lowest BCUT2D eigenvalue weighted by molar-refractivity contribution is 0.486. The van der Waals surface area contributed by atoms with E-state index in [2.05, 4.69) is 31.9 Å². The number of rotatable bonds is 5. The smallest absolute Gasteiger partial charge is 0.196 e. The first kappa shape index (κ1) is 16.7. The van der Waals surface area contributed by atoms with Crippen LogP contribution in [-0.4, -0.2) is 13.7 Å². The fourth-order valence-corrected chi connectivity index (χ4v) is 5.35. The third kappa shape index (κ3) is 3.59. The Balaban J connectivity index is 3.37. The predicted octanol–water partition coefficient (Wildman–Crippen LogP) is 4.31. The Kier molecular flexibility index (Phi) is 6.03. The van der Waals surface area contributed by atoms with Crippen molar-refractivity contribution in [2.24, 2.45) is 5.92 Å². The SMILES string of the molecule is CCC(CC)C(C#N)S(=O)(=O)c1cc(Br)ccc1Br. The molecule has 19 heavy (non-hydrogen) atoms. The molecule has 1 aromatic carbocycles. The van der Waals surface area contributed by atoms with Gasteiger partial charge in [-0.2, -0.15) is 5.26 Å². The van der Waals surface area contributed by atoms with Crippen molar-refractivity contribution in [2.45, 2.75) is 36.8 Å². The summed E-state index contributed by atoms with van der Waals surface area (Å²) in [5, 5.41) is 8.25. The highest BCUT2D eigenvalue weighted by Gasteiger charge is 2.34. The monoisotopic (exact) mass is 407 g/mol. The number of nitriles is 1. The minimum atomic E-state index is -3.67. The molecule has 0 heterocycles. The van der Waals surface area contributed by atoms with Crippen LogP contribution in [0.5, 0.6) is 0 Å². The molecule has 0 saturated heterocycles. The maximum absolute atomic E-state index is 12.6. The summed E-state index contributed by atoms with van der Waals surface area (Å²) in [7, 11) is -3.67. The molecule has 0 bridgehead atoms. The zero-order chi connectivity index (χ0) is 14.6. The number of benzene rings is 1. The molecule has 1 rings (SSSR count). The third-order valence-electron chi connectivity index (χ3n) is 3.14. The molecule has 0 aliphatic rings. The highest BCUT2D eigenvalue weighted by atomic mass is 79.9. The van der Waals surface area contributed by atoms with Crippen molar-refractivity contribution in [3.05, 3.63) is 27.1 Å². The van der Waals surface area contributed by atoms with Gasteiger partial charge in [-0.15, -0.1) is 0 Å². The molecule has 0 saturated carbocycles. The highest BCUT2D eigenvalue weighted by Crippen LogP contribution is 2.32. The summed E-state index contributed by atoms with van der Waals surface area (Å²) >= 11 is 6.51. The zero-order valence-corrected chi connectivity index (χ0v) is 14.7. The summed E-state index contributed by atoms with van der Waals surface area (Å²) in [4.78, 5) is 0.167. The van der Waals surface area contributed by atoms with Gasteiger partial charge >= 0.3 is 0 Å². The van der Waals surface area contributed by atoms with E-state index in [1.807, 2.05) is 19.9 Å². The minimum absolute atomic E-state index is 0.152. The van der Waals surface area contributed by atoms with E-state index >= 15 is 0 Å². The minimum Gasteiger partial charge on any atom is -0.222 e. The van der Waals surface area contributed by atoms with Gasteiger partial charge in [0.2, 0.25) is 0 Å². The molecule has 3 nitrogen and oxygen atoms in total. The molecule has 0 aliphatic heterocycles. The average Bonchev–Trinajstić information content (AvgIpc) is 2.38. The van der Waals surface area contributed by atoms with Gasteiger partial charge in [0.05, 0.1) is 11.0 Å². The molecule has 104 valence electrons. The quantitative estimate of drug-likeness (QED) is 0.728. The van der Waals surface area contributed by atoms with Crippen LogP contribution in [0, 0.1) is 17.2 Å². The molecule has 1 unspecified atom stereocenters. The molecule has 0 amide bonds. The van der Waals surface area contributed by atoms with Crippen LogP contribution in [0.3, 0.4) is 0 Å². The Morgan fingerprint density at radius 3 is 2.32 bits per heavy atom. The normalized spacial score (nSPS) is 13.3. The molecular formula is C13H15Br2NO2S. The number of halogens is 2. The van der Waals surface area contributed by atoms with Gasteiger partial charge in [0.1, 0.15) is 0 Å². The molecule has 0 fully saturated rings. The number of hydrogen-bond acceptors (Lipinski definition) is 3. The predicted molar refractivity (Wildman–Crippen MR) is 82.5 cm³/mol. The standard InChI is InChI=1S/C13H15Br2NO2S/c1-3-9(4-2)13(8-16)19(17,18)12-7-10(14)5-6-11(12)15/h5-7,9,13H,3-4H2,1-2H3. The van der Waals surface area contributed by atoms with Gasteiger partial charge in [-0.25, -0.2) is 8.42 Å². The maximum atomic E-state index is 12.6. The Morgan fingerprint density at radius 1 is 1.26 bits per heavy atom. The molecule has 6 heteroatoms. The second kappa shape index (κ2) is 6.87. The van der Waals surface area contributed by atoms with Crippen LogP contribution in [0.4, 0.5) is 0 Å². The van der Waals surface area contributed by atoms with Crippen LogP contribution in [0.2, 0.25) is 0 Å². The average molecular weight is 409 g/mol. The van der Waals surface area contributed by atoms with Crippen molar-refractivity contribution in [3.8, 4) is 6.07 Å². The number of sulfone groups is 1. The molecule has 0 radical (unpaired) electrons. The first-order valence-corrected chi connectivity index (χ1v) is 9.10. The highest BCUT2D eigenvalue weighted by molar-refractivity contribution is 9.11. The Hall–Kier alpha value is -0.380. The van der Waals surface area contributed by atoms with Crippen molar-refractivity contribution in [1.29, 1.82) is 5.26 Å². The van der Waals surface area contributed by atoms with E-state index in [9.17, 15) is 13.7 Å². The van der Waals surface area contributed by atoms with E-state index in [1.54, 1.807) is 12.1 Å². The number of nitrogens with zero attached hydrogens (tertiary/aromatic N) is 1. The van der Waals surface area contributed by atoms with Gasteiger partial charge in [0, 0.05) is 8.95 Å². The van der Waals surface area contributed by atoms with Crippen LogP contribution in [0.15, 0.2) is 32.0 Å².